The molecule has 0 bridgehead atoms. The summed E-state index contributed by atoms with van der Waals surface area (Å²) in [6.45, 7) is -0.318. The van der Waals surface area contributed by atoms with Gasteiger partial charge in [0.05, 0.1) is 16.7 Å². The van der Waals surface area contributed by atoms with Gasteiger partial charge in [-0.05, 0) is 67.8 Å². The lowest BCUT2D eigenvalue weighted by Crippen LogP contribution is -2.75. The van der Waals surface area contributed by atoms with Crippen LogP contribution in [0.3, 0.4) is 0 Å². The van der Waals surface area contributed by atoms with E-state index in [0.717, 1.165) is 61.6 Å². The number of aromatic nitrogens is 1. The third-order valence-electron chi connectivity index (χ3n) is 12.4. The Bertz CT molecular complexity index is 3090. The van der Waals surface area contributed by atoms with Crippen LogP contribution >= 0.6 is 0 Å². The highest BCUT2D eigenvalue weighted by atomic mass is 28.3. The molecule has 2 aliphatic rings. The maximum absolute atomic E-state index is 7.20. The molecule has 0 saturated heterocycles. The van der Waals surface area contributed by atoms with Crippen molar-refractivity contribution in [3.63, 3.8) is 0 Å². The van der Waals surface area contributed by atoms with Crippen LogP contribution in [0, 0.1) is 0 Å². The lowest BCUT2D eigenvalue weighted by Gasteiger charge is -2.36. The standard InChI is InChI=1S/C54H36BNO2Si/c1-4-18-39(19-5-1)59(40-20-6-2-7-21-40,41-22-8-3-9-23-41)53-31-17-12-24-42(53)37-32-33-45-46-35-38(56-48-28-14-10-25-43(48)44-26-11-15-29-49(44)56)36-52-54(46)55(58-51(45)34-37)47-27-13-16-30-50(47)57-52/h1-36H. The summed E-state index contributed by atoms with van der Waals surface area (Å²) in [5, 5.41) is 7.83. The van der Waals surface area contributed by atoms with Crippen LogP contribution < -0.4 is 41.1 Å². The molecule has 0 amide bonds. The van der Waals surface area contributed by atoms with Gasteiger partial charge in [-0.1, -0.05) is 182 Å². The molecule has 0 aliphatic carbocycles. The quantitative estimate of drug-likeness (QED) is 0.125. The van der Waals surface area contributed by atoms with Crippen LogP contribution in [-0.4, -0.2) is 19.6 Å². The van der Waals surface area contributed by atoms with Gasteiger partial charge in [-0.2, -0.15) is 0 Å². The molecule has 0 unspecified atom stereocenters. The van der Waals surface area contributed by atoms with Crippen LogP contribution in [0.25, 0.3) is 49.7 Å². The Morgan fingerprint density at radius 1 is 0.407 bits per heavy atom. The highest BCUT2D eigenvalue weighted by molar-refractivity contribution is 7.20. The van der Waals surface area contributed by atoms with E-state index in [4.69, 9.17) is 9.39 Å². The maximum Gasteiger partial charge on any atom is 0.434 e. The van der Waals surface area contributed by atoms with Gasteiger partial charge >= 0.3 is 6.92 Å². The fourth-order valence-electron chi connectivity index (χ4n) is 9.94. The zero-order valence-electron chi connectivity index (χ0n) is 32.1. The SMILES string of the molecule is c1ccc([Si](c2ccccc2)(c2ccccc2)c2ccccc2-c2ccc3c(c2)OB2c4ccccc4Oc4cc(-n5c6ccccc6c6ccccc65)cc-3c42)cc1. The summed E-state index contributed by atoms with van der Waals surface area (Å²) in [5.41, 5.74) is 10.0. The van der Waals surface area contributed by atoms with Gasteiger partial charge in [-0.3, -0.25) is 0 Å². The first kappa shape index (κ1) is 33.8. The first-order chi connectivity index (χ1) is 29.3. The highest BCUT2D eigenvalue weighted by Gasteiger charge is 2.44. The first-order valence-electron chi connectivity index (χ1n) is 20.3. The van der Waals surface area contributed by atoms with E-state index in [1.54, 1.807) is 0 Å². The molecule has 10 aromatic rings. The van der Waals surface area contributed by atoms with Gasteiger partial charge in [-0.15, -0.1) is 0 Å². The molecule has 276 valence electrons. The highest BCUT2D eigenvalue weighted by Crippen LogP contribution is 2.43. The molecule has 0 N–H and O–H groups in total. The van der Waals surface area contributed by atoms with Crippen LogP contribution in [-0.2, 0) is 0 Å². The largest absolute Gasteiger partial charge is 0.551 e. The van der Waals surface area contributed by atoms with Crippen molar-refractivity contribution in [2.45, 2.75) is 0 Å². The van der Waals surface area contributed by atoms with Gasteiger partial charge in [-0.25, -0.2) is 0 Å². The average Bonchev–Trinajstić information content (AvgIpc) is 3.65. The van der Waals surface area contributed by atoms with Crippen LogP contribution in [0.15, 0.2) is 218 Å². The first-order valence-corrected chi connectivity index (χ1v) is 22.3. The second-order valence-electron chi connectivity index (χ2n) is 15.5. The van der Waals surface area contributed by atoms with Gasteiger partial charge in [0.1, 0.15) is 17.2 Å². The molecule has 0 fully saturated rings. The van der Waals surface area contributed by atoms with Crippen molar-refractivity contribution in [1.82, 2.24) is 4.57 Å². The summed E-state index contributed by atoms with van der Waals surface area (Å²) in [7, 11) is -2.83. The Morgan fingerprint density at radius 3 is 1.63 bits per heavy atom. The van der Waals surface area contributed by atoms with Crippen LogP contribution in [0.2, 0.25) is 0 Å². The number of hydrogen-bond donors (Lipinski definition) is 0. The number of rotatable bonds is 6. The van der Waals surface area contributed by atoms with Crippen LogP contribution in [0.1, 0.15) is 0 Å². The molecular weight excluding hydrogens is 733 g/mol. The van der Waals surface area contributed by atoms with Crippen molar-refractivity contribution in [2.75, 3.05) is 0 Å². The molecule has 0 atom stereocenters. The molecule has 59 heavy (non-hydrogen) atoms. The van der Waals surface area contributed by atoms with Crippen LogP contribution in [0.4, 0.5) is 0 Å². The summed E-state index contributed by atoms with van der Waals surface area (Å²) >= 11 is 0. The second-order valence-corrected chi connectivity index (χ2v) is 19.3. The Labute approximate surface area is 344 Å². The van der Waals surface area contributed by atoms with E-state index in [2.05, 4.69) is 217 Å². The zero-order valence-corrected chi connectivity index (χ0v) is 33.1. The van der Waals surface area contributed by atoms with Gasteiger partial charge in [0.15, 0.2) is 8.07 Å². The van der Waals surface area contributed by atoms with E-state index in [1.807, 2.05) is 6.07 Å². The molecule has 1 aromatic heterocycles. The summed E-state index contributed by atoms with van der Waals surface area (Å²) in [6, 6.07) is 79.5. The molecule has 0 saturated carbocycles. The summed E-state index contributed by atoms with van der Waals surface area (Å²) in [5.74, 6) is 2.51. The van der Waals surface area contributed by atoms with Crippen molar-refractivity contribution < 1.29 is 9.39 Å². The van der Waals surface area contributed by atoms with E-state index in [9.17, 15) is 0 Å². The number of ether oxygens (including phenoxy) is 1. The van der Waals surface area contributed by atoms with E-state index in [-0.39, 0.29) is 6.92 Å². The van der Waals surface area contributed by atoms with Crippen molar-refractivity contribution in [2.24, 2.45) is 0 Å². The normalized spacial score (nSPS) is 12.6. The summed E-state index contributed by atoms with van der Waals surface area (Å²) in [4.78, 5) is 0. The van der Waals surface area contributed by atoms with Crippen molar-refractivity contribution in [3.05, 3.63) is 218 Å². The Hall–Kier alpha value is -7.34. The number of benzene rings is 9. The molecule has 2 aliphatic heterocycles. The summed E-state index contributed by atoms with van der Waals surface area (Å²) in [6.07, 6.45) is 0. The fourth-order valence-corrected chi connectivity index (χ4v) is 14.9. The lowest BCUT2D eigenvalue weighted by molar-refractivity contribution is 0.479. The molecule has 5 heteroatoms. The number of nitrogens with zero attached hydrogens (tertiary/aromatic N) is 1. The molecule has 0 radical (unpaired) electrons. The van der Waals surface area contributed by atoms with Gasteiger partial charge in [0.2, 0.25) is 0 Å². The van der Waals surface area contributed by atoms with E-state index in [0.29, 0.717) is 0 Å². The monoisotopic (exact) mass is 769 g/mol. The van der Waals surface area contributed by atoms with Crippen molar-refractivity contribution in [1.29, 1.82) is 0 Å². The molecular formula is C54H36BNO2Si. The minimum Gasteiger partial charge on any atom is -0.551 e. The Balaban J connectivity index is 1.10. The fraction of sp³-hybridized carbons (Fsp3) is 0. The molecule has 3 heterocycles. The van der Waals surface area contributed by atoms with E-state index in [1.165, 1.54) is 37.1 Å². The topological polar surface area (TPSA) is 23.4 Å². The zero-order chi connectivity index (χ0) is 38.9. The number of fused-ring (bicyclic) bond motifs is 7. The number of para-hydroxylation sites is 3. The maximum atomic E-state index is 7.20. The van der Waals surface area contributed by atoms with E-state index >= 15 is 0 Å². The van der Waals surface area contributed by atoms with Crippen molar-refractivity contribution in [3.8, 4) is 45.2 Å². The minimum atomic E-state index is -2.83. The third-order valence-corrected chi connectivity index (χ3v) is 17.3. The predicted molar refractivity (Wildman–Crippen MR) is 247 cm³/mol. The minimum absolute atomic E-state index is 0.318. The average molecular weight is 770 g/mol. The smallest absolute Gasteiger partial charge is 0.434 e. The molecule has 12 rings (SSSR count). The second kappa shape index (κ2) is 13.4. The third kappa shape index (κ3) is 5.08. The molecule has 9 aromatic carbocycles. The molecule has 3 nitrogen and oxygen atoms in total. The molecule has 0 spiro atoms. The van der Waals surface area contributed by atoms with Gasteiger partial charge in [0.25, 0.3) is 0 Å². The van der Waals surface area contributed by atoms with Gasteiger partial charge < -0.3 is 14.0 Å². The lowest BCUT2D eigenvalue weighted by atomic mass is 9.51. The van der Waals surface area contributed by atoms with Crippen LogP contribution in [0.5, 0.6) is 17.2 Å². The Kier molecular flexibility index (Phi) is 7.65. The van der Waals surface area contributed by atoms with E-state index < -0.39 is 8.07 Å². The Morgan fingerprint density at radius 2 is 0.966 bits per heavy atom. The van der Waals surface area contributed by atoms with Gasteiger partial charge in [0, 0.05) is 33.3 Å². The number of hydrogen-bond acceptors (Lipinski definition) is 2. The summed E-state index contributed by atoms with van der Waals surface area (Å²) < 4.78 is 16.4. The predicted octanol–water partition coefficient (Wildman–Crippen LogP) is 9.10. The van der Waals surface area contributed by atoms with Crippen molar-refractivity contribution >= 4 is 68.5 Å².